The van der Waals surface area contributed by atoms with E-state index in [0.29, 0.717) is 12.6 Å². The molecule has 1 rings (SSSR count). The van der Waals surface area contributed by atoms with Crippen LogP contribution in [-0.2, 0) is 4.79 Å². The Hall–Kier alpha value is -0.610. The lowest BCUT2D eigenvalue weighted by Crippen LogP contribution is -2.52. The Bertz CT molecular complexity index is 229. The highest BCUT2D eigenvalue weighted by molar-refractivity contribution is 5.81. The van der Waals surface area contributed by atoms with E-state index >= 15 is 0 Å². The zero-order valence-electron chi connectivity index (χ0n) is 10.6. The number of rotatable bonds is 4. The van der Waals surface area contributed by atoms with Crippen molar-refractivity contribution in [3.63, 3.8) is 0 Å². The molecule has 2 unspecified atom stereocenters. The minimum Gasteiger partial charge on any atom is -0.392 e. The van der Waals surface area contributed by atoms with Crippen molar-refractivity contribution in [1.82, 2.24) is 10.2 Å². The largest absolute Gasteiger partial charge is 0.392 e. The quantitative estimate of drug-likeness (QED) is 0.746. The molecule has 94 valence electrons. The summed E-state index contributed by atoms with van der Waals surface area (Å²) in [6.07, 6.45) is 2.76. The van der Waals surface area contributed by atoms with E-state index < -0.39 is 6.10 Å². The molecular formula is C12H24N2O2. The summed E-state index contributed by atoms with van der Waals surface area (Å²) in [6, 6.07) is 0.398. The summed E-state index contributed by atoms with van der Waals surface area (Å²) in [5, 5.41) is 12.0. The summed E-state index contributed by atoms with van der Waals surface area (Å²) < 4.78 is 0. The molecule has 1 heterocycles. The Morgan fingerprint density at radius 2 is 2.12 bits per heavy atom. The van der Waals surface area contributed by atoms with E-state index in [-0.39, 0.29) is 11.9 Å². The summed E-state index contributed by atoms with van der Waals surface area (Å²) >= 11 is 0. The van der Waals surface area contributed by atoms with E-state index in [1.165, 1.54) is 6.42 Å². The number of hydrogen-bond acceptors (Lipinski definition) is 3. The zero-order valence-corrected chi connectivity index (χ0v) is 10.6. The highest BCUT2D eigenvalue weighted by atomic mass is 16.3. The number of piperidine rings is 1. The highest BCUT2D eigenvalue weighted by Crippen LogP contribution is 2.19. The van der Waals surface area contributed by atoms with Gasteiger partial charge in [0.25, 0.3) is 0 Å². The number of likely N-dealkylation sites (tertiary alicyclic amines) is 1. The molecule has 16 heavy (non-hydrogen) atoms. The Balaban J connectivity index is 2.50. The van der Waals surface area contributed by atoms with Crippen LogP contribution < -0.4 is 5.32 Å². The van der Waals surface area contributed by atoms with Crippen molar-refractivity contribution in [2.75, 3.05) is 13.1 Å². The molecule has 0 bridgehead atoms. The van der Waals surface area contributed by atoms with E-state index in [1.807, 2.05) is 0 Å². The number of amides is 1. The van der Waals surface area contributed by atoms with E-state index in [4.69, 9.17) is 5.11 Å². The lowest BCUT2D eigenvalue weighted by molar-refractivity contribution is -0.128. The van der Waals surface area contributed by atoms with Crippen molar-refractivity contribution in [1.29, 1.82) is 0 Å². The molecular weight excluding hydrogens is 204 g/mol. The van der Waals surface area contributed by atoms with Crippen LogP contribution in [-0.4, -0.2) is 47.2 Å². The third-order valence-electron chi connectivity index (χ3n) is 3.08. The average Bonchev–Trinajstić information content (AvgIpc) is 2.25. The minimum absolute atomic E-state index is 0.00694. The lowest BCUT2D eigenvalue weighted by atomic mass is 9.99. The van der Waals surface area contributed by atoms with E-state index in [1.54, 1.807) is 6.92 Å². The second kappa shape index (κ2) is 6.21. The van der Waals surface area contributed by atoms with Crippen LogP contribution in [0.3, 0.4) is 0 Å². The lowest BCUT2D eigenvalue weighted by Gasteiger charge is -2.37. The number of aliphatic hydroxyl groups excluding tert-OH is 1. The smallest absolute Gasteiger partial charge is 0.237 e. The van der Waals surface area contributed by atoms with Gasteiger partial charge >= 0.3 is 0 Å². The van der Waals surface area contributed by atoms with Gasteiger partial charge in [0.05, 0.1) is 12.1 Å². The molecule has 0 radical (unpaired) electrons. The van der Waals surface area contributed by atoms with E-state index in [2.05, 4.69) is 24.1 Å². The number of aliphatic hydroxyl groups is 1. The molecule has 1 aliphatic rings. The summed E-state index contributed by atoms with van der Waals surface area (Å²) in [7, 11) is 0. The minimum atomic E-state index is -0.472. The van der Waals surface area contributed by atoms with Gasteiger partial charge in [0.1, 0.15) is 0 Å². The van der Waals surface area contributed by atoms with Crippen molar-refractivity contribution < 1.29 is 9.90 Å². The summed E-state index contributed by atoms with van der Waals surface area (Å²) in [6.45, 7) is 7.29. The molecule has 1 saturated heterocycles. The maximum absolute atomic E-state index is 12.0. The number of nitrogens with one attached hydrogen (secondary N) is 1. The first-order chi connectivity index (χ1) is 7.52. The molecule has 0 aromatic rings. The van der Waals surface area contributed by atoms with Gasteiger partial charge in [-0.25, -0.2) is 0 Å². The van der Waals surface area contributed by atoms with Gasteiger partial charge in [-0.3, -0.25) is 9.69 Å². The van der Waals surface area contributed by atoms with Gasteiger partial charge in [-0.2, -0.15) is 0 Å². The van der Waals surface area contributed by atoms with Crippen LogP contribution in [0.15, 0.2) is 0 Å². The molecule has 1 fully saturated rings. The molecule has 4 nitrogen and oxygen atoms in total. The van der Waals surface area contributed by atoms with E-state index in [9.17, 15) is 4.79 Å². The highest BCUT2D eigenvalue weighted by Gasteiger charge is 2.29. The normalized spacial score (nSPS) is 24.4. The predicted octanol–water partition coefficient (Wildman–Crippen LogP) is 0.746. The van der Waals surface area contributed by atoms with Crippen LogP contribution in [0.1, 0.15) is 40.0 Å². The number of hydrogen-bond donors (Lipinski definition) is 2. The first-order valence-corrected chi connectivity index (χ1v) is 6.24. The summed E-state index contributed by atoms with van der Waals surface area (Å²) in [5.41, 5.74) is 0. The van der Waals surface area contributed by atoms with Gasteiger partial charge in [-0.15, -0.1) is 0 Å². The fourth-order valence-corrected chi connectivity index (χ4v) is 2.22. The number of nitrogens with zero attached hydrogens (tertiary/aromatic N) is 1. The van der Waals surface area contributed by atoms with Gasteiger partial charge in [0, 0.05) is 12.6 Å². The van der Waals surface area contributed by atoms with Gasteiger partial charge < -0.3 is 10.4 Å². The Labute approximate surface area is 98.0 Å². The molecule has 0 aromatic heterocycles. The molecule has 0 spiro atoms. The molecule has 1 aliphatic heterocycles. The van der Waals surface area contributed by atoms with Crippen LogP contribution in [0, 0.1) is 0 Å². The molecule has 0 saturated carbocycles. The van der Waals surface area contributed by atoms with Crippen molar-refractivity contribution >= 4 is 5.91 Å². The van der Waals surface area contributed by atoms with Gasteiger partial charge in [0.2, 0.25) is 5.91 Å². The fourth-order valence-electron chi connectivity index (χ4n) is 2.22. The molecule has 2 atom stereocenters. The van der Waals surface area contributed by atoms with E-state index in [0.717, 1.165) is 19.4 Å². The standard InChI is InChI=1S/C12H24N2O2/c1-9(2)14-7-5-4-6-11(14)12(16)13-8-10(3)15/h9-11,15H,4-8H2,1-3H3,(H,13,16). The van der Waals surface area contributed by atoms with Gasteiger partial charge in [-0.1, -0.05) is 6.42 Å². The van der Waals surface area contributed by atoms with Crippen LogP contribution in [0.4, 0.5) is 0 Å². The molecule has 4 heteroatoms. The second-order valence-electron chi connectivity index (χ2n) is 4.94. The third kappa shape index (κ3) is 3.76. The average molecular weight is 228 g/mol. The summed E-state index contributed by atoms with van der Waals surface area (Å²) in [5.74, 6) is 0.0642. The Morgan fingerprint density at radius 1 is 1.44 bits per heavy atom. The van der Waals surface area contributed by atoms with Crippen molar-refractivity contribution in [2.24, 2.45) is 0 Å². The van der Waals surface area contributed by atoms with Crippen LogP contribution in [0.5, 0.6) is 0 Å². The van der Waals surface area contributed by atoms with Crippen molar-refractivity contribution in [2.45, 2.75) is 58.2 Å². The third-order valence-corrected chi connectivity index (χ3v) is 3.08. The molecule has 1 amide bonds. The molecule has 0 aromatic carbocycles. The second-order valence-corrected chi connectivity index (χ2v) is 4.94. The number of carbonyl (C=O) groups is 1. The predicted molar refractivity (Wildman–Crippen MR) is 64.2 cm³/mol. The topological polar surface area (TPSA) is 52.6 Å². The van der Waals surface area contributed by atoms with Crippen molar-refractivity contribution in [3.8, 4) is 0 Å². The maximum Gasteiger partial charge on any atom is 0.237 e. The first kappa shape index (κ1) is 13.5. The van der Waals surface area contributed by atoms with Crippen LogP contribution in [0.2, 0.25) is 0 Å². The zero-order chi connectivity index (χ0) is 12.1. The van der Waals surface area contributed by atoms with Crippen LogP contribution in [0.25, 0.3) is 0 Å². The van der Waals surface area contributed by atoms with Gasteiger partial charge in [-0.05, 0) is 40.2 Å². The SMILES string of the molecule is CC(O)CNC(=O)C1CCCCN1C(C)C. The van der Waals surface area contributed by atoms with Gasteiger partial charge in [0.15, 0.2) is 0 Å². The monoisotopic (exact) mass is 228 g/mol. The fraction of sp³-hybridized carbons (Fsp3) is 0.917. The summed E-state index contributed by atoms with van der Waals surface area (Å²) in [4.78, 5) is 14.2. The Morgan fingerprint density at radius 3 is 2.69 bits per heavy atom. The van der Waals surface area contributed by atoms with Crippen molar-refractivity contribution in [3.05, 3.63) is 0 Å². The first-order valence-electron chi connectivity index (χ1n) is 6.24. The maximum atomic E-state index is 12.0. The molecule has 0 aliphatic carbocycles. The Kier molecular flexibility index (Phi) is 5.22. The number of carbonyl (C=O) groups excluding carboxylic acids is 1. The van der Waals surface area contributed by atoms with Crippen LogP contribution >= 0.6 is 0 Å². The molecule has 2 N–H and O–H groups in total.